The third-order valence-electron chi connectivity index (χ3n) is 3.54. The van der Waals surface area contributed by atoms with Crippen LogP contribution in [-0.4, -0.2) is 59.2 Å². The molecule has 1 aliphatic rings. The highest BCUT2D eigenvalue weighted by molar-refractivity contribution is 5.87. The molecule has 6 heteroatoms. The second kappa shape index (κ2) is 5.52. The molecule has 2 rings (SSSR count). The largest absolute Gasteiger partial charge is 0.476 e. The summed E-state index contributed by atoms with van der Waals surface area (Å²) in [4.78, 5) is 24.3. The van der Waals surface area contributed by atoms with Gasteiger partial charge < -0.3 is 14.9 Å². The molecule has 1 fully saturated rings. The summed E-state index contributed by atoms with van der Waals surface area (Å²) < 4.78 is 0. The molecule has 19 heavy (non-hydrogen) atoms. The van der Waals surface area contributed by atoms with E-state index in [1.807, 2.05) is 13.8 Å². The average molecular weight is 264 g/mol. The lowest BCUT2D eigenvalue weighted by atomic mass is 10.1. The number of carboxylic acids is 1. The van der Waals surface area contributed by atoms with Gasteiger partial charge in [-0.1, -0.05) is 6.92 Å². The molecule has 0 amide bonds. The number of rotatable bonds is 3. The van der Waals surface area contributed by atoms with E-state index in [9.17, 15) is 9.90 Å². The molecular weight excluding hydrogens is 244 g/mol. The molecule has 1 aromatic heterocycles. The van der Waals surface area contributed by atoms with Crippen molar-refractivity contribution in [3.05, 3.63) is 17.0 Å². The van der Waals surface area contributed by atoms with Gasteiger partial charge in [-0.05, 0) is 20.4 Å². The first kappa shape index (κ1) is 13.7. The number of hydrogen-bond acceptors (Lipinski definition) is 5. The van der Waals surface area contributed by atoms with Crippen LogP contribution in [0.5, 0.6) is 0 Å². The zero-order valence-electron chi connectivity index (χ0n) is 11.7. The summed E-state index contributed by atoms with van der Waals surface area (Å²) in [5.74, 6) is -0.432. The molecule has 2 heterocycles. The van der Waals surface area contributed by atoms with Gasteiger partial charge in [0, 0.05) is 37.4 Å². The Labute approximate surface area is 113 Å². The Bertz CT molecular complexity index is 482. The summed E-state index contributed by atoms with van der Waals surface area (Å²) >= 11 is 0. The monoisotopic (exact) mass is 264 g/mol. The number of piperazine rings is 1. The maximum Gasteiger partial charge on any atom is 0.354 e. The summed E-state index contributed by atoms with van der Waals surface area (Å²) in [6.45, 7) is 7.34. The van der Waals surface area contributed by atoms with Crippen molar-refractivity contribution in [1.82, 2.24) is 14.9 Å². The second-order valence-corrected chi connectivity index (χ2v) is 4.89. The SMILES string of the molecule is CCc1c(C)nc(N2CCN(C)CC2)nc1C(=O)O. The van der Waals surface area contributed by atoms with Crippen LogP contribution in [0.25, 0.3) is 0 Å². The van der Waals surface area contributed by atoms with Crippen molar-refractivity contribution in [2.45, 2.75) is 20.3 Å². The van der Waals surface area contributed by atoms with E-state index in [-0.39, 0.29) is 5.69 Å². The van der Waals surface area contributed by atoms with Gasteiger partial charge >= 0.3 is 5.97 Å². The third-order valence-corrected chi connectivity index (χ3v) is 3.54. The van der Waals surface area contributed by atoms with E-state index < -0.39 is 5.97 Å². The Morgan fingerprint density at radius 3 is 2.42 bits per heavy atom. The van der Waals surface area contributed by atoms with Crippen LogP contribution in [0.4, 0.5) is 5.95 Å². The number of aromatic nitrogens is 2. The van der Waals surface area contributed by atoms with Crippen LogP contribution < -0.4 is 4.90 Å². The first-order valence-electron chi connectivity index (χ1n) is 6.57. The fourth-order valence-corrected chi connectivity index (χ4v) is 2.33. The topological polar surface area (TPSA) is 69.6 Å². The molecule has 1 aromatic rings. The number of likely N-dealkylation sites (N-methyl/N-ethyl adjacent to an activating group) is 1. The van der Waals surface area contributed by atoms with Crippen molar-refractivity contribution in [1.29, 1.82) is 0 Å². The molecule has 0 atom stereocenters. The molecule has 1 aliphatic heterocycles. The van der Waals surface area contributed by atoms with E-state index in [1.165, 1.54) is 0 Å². The minimum Gasteiger partial charge on any atom is -0.476 e. The zero-order valence-corrected chi connectivity index (χ0v) is 11.7. The standard InChI is InChI=1S/C13H20N4O2/c1-4-10-9(2)14-13(15-11(10)12(18)19)17-7-5-16(3)6-8-17/h4-8H2,1-3H3,(H,18,19). The lowest BCUT2D eigenvalue weighted by molar-refractivity contribution is 0.0689. The molecule has 0 radical (unpaired) electrons. The van der Waals surface area contributed by atoms with Gasteiger partial charge in [0.2, 0.25) is 5.95 Å². The van der Waals surface area contributed by atoms with Gasteiger partial charge in [-0.2, -0.15) is 0 Å². The molecule has 104 valence electrons. The predicted molar refractivity (Wildman–Crippen MR) is 72.8 cm³/mol. The molecule has 0 aliphatic carbocycles. The Kier molecular flexibility index (Phi) is 3.99. The third kappa shape index (κ3) is 2.84. The van der Waals surface area contributed by atoms with Crippen LogP contribution in [0.1, 0.15) is 28.7 Å². The van der Waals surface area contributed by atoms with Crippen molar-refractivity contribution in [3.8, 4) is 0 Å². The van der Waals surface area contributed by atoms with Crippen molar-refractivity contribution in [2.75, 3.05) is 38.1 Å². The second-order valence-electron chi connectivity index (χ2n) is 4.89. The van der Waals surface area contributed by atoms with Gasteiger partial charge in [0.15, 0.2) is 5.69 Å². The molecule has 0 spiro atoms. The summed E-state index contributed by atoms with van der Waals surface area (Å²) in [7, 11) is 2.08. The van der Waals surface area contributed by atoms with Gasteiger partial charge in [0.1, 0.15) is 0 Å². The molecule has 0 unspecified atom stereocenters. The maximum absolute atomic E-state index is 11.3. The number of carbonyl (C=O) groups is 1. The number of carboxylic acid groups (broad SMARTS) is 1. The molecule has 0 aromatic carbocycles. The Morgan fingerprint density at radius 1 is 1.26 bits per heavy atom. The Balaban J connectivity index is 2.34. The summed E-state index contributed by atoms with van der Waals surface area (Å²) in [5, 5.41) is 9.27. The summed E-state index contributed by atoms with van der Waals surface area (Å²) in [5.41, 5.74) is 1.64. The first-order valence-corrected chi connectivity index (χ1v) is 6.57. The highest BCUT2D eigenvalue weighted by Gasteiger charge is 2.21. The van der Waals surface area contributed by atoms with Crippen molar-refractivity contribution in [2.24, 2.45) is 0 Å². The average Bonchev–Trinajstić information content (AvgIpc) is 2.38. The van der Waals surface area contributed by atoms with Crippen molar-refractivity contribution >= 4 is 11.9 Å². The van der Waals surface area contributed by atoms with E-state index in [2.05, 4.69) is 26.8 Å². The summed E-state index contributed by atoms with van der Waals surface area (Å²) in [6.07, 6.45) is 0.635. The minimum atomic E-state index is -0.974. The number of aryl methyl sites for hydroxylation is 1. The highest BCUT2D eigenvalue weighted by Crippen LogP contribution is 2.18. The van der Waals surface area contributed by atoms with E-state index in [0.717, 1.165) is 37.4 Å². The Morgan fingerprint density at radius 2 is 1.89 bits per heavy atom. The molecule has 6 nitrogen and oxygen atoms in total. The van der Waals surface area contributed by atoms with E-state index in [4.69, 9.17) is 0 Å². The molecule has 0 bridgehead atoms. The number of nitrogens with zero attached hydrogens (tertiary/aromatic N) is 4. The number of anilines is 1. The van der Waals surface area contributed by atoms with E-state index >= 15 is 0 Å². The van der Waals surface area contributed by atoms with Crippen molar-refractivity contribution in [3.63, 3.8) is 0 Å². The lowest BCUT2D eigenvalue weighted by Gasteiger charge is -2.32. The van der Waals surface area contributed by atoms with Crippen LogP contribution in [0, 0.1) is 6.92 Å². The number of hydrogen-bond donors (Lipinski definition) is 1. The quantitative estimate of drug-likeness (QED) is 0.870. The normalized spacial score (nSPS) is 16.7. The lowest BCUT2D eigenvalue weighted by Crippen LogP contribution is -2.45. The molecular formula is C13H20N4O2. The van der Waals surface area contributed by atoms with Crippen LogP contribution in [-0.2, 0) is 6.42 Å². The fourth-order valence-electron chi connectivity index (χ4n) is 2.33. The molecule has 1 N–H and O–H groups in total. The van der Waals surface area contributed by atoms with E-state index in [0.29, 0.717) is 12.4 Å². The van der Waals surface area contributed by atoms with Gasteiger partial charge in [-0.15, -0.1) is 0 Å². The predicted octanol–water partition coefficient (Wildman–Crippen LogP) is 0.797. The highest BCUT2D eigenvalue weighted by atomic mass is 16.4. The van der Waals surface area contributed by atoms with Gasteiger partial charge in [-0.25, -0.2) is 14.8 Å². The minimum absolute atomic E-state index is 0.143. The summed E-state index contributed by atoms with van der Waals surface area (Å²) in [6, 6.07) is 0. The fraction of sp³-hybridized carbons (Fsp3) is 0.615. The van der Waals surface area contributed by atoms with Crippen LogP contribution >= 0.6 is 0 Å². The maximum atomic E-state index is 11.3. The van der Waals surface area contributed by atoms with Gasteiger partial charge in [0.25, 0.3) is 0 Å². The van der Waals surface area contributed by atoms with Crippen LogP contribution in [0.3, 0.4) is 0 Å². The van der Waals surface area contributed by atoms with Crippen LogP contribution in [0.2, 0.25) is 0 Å². The van der Waals surface area contributed by atoms with E-state index in [1.54, 1.807) is 0 Å². The smallest absolute Gasteiger partial charge is 0.354 e. The van der Waals surface area contributed by atoms with Gasteiger partial charge in [-0.3, -0.25) is 0 Å². The Hall–Kier alpha value is -1.69. The zero-order chi connectivity index (χ0) is 14.0. The number of aromatic carboxylic acids is 1. The van der Waals surface area contributed by atoms with Gasteiger partial charge in [0.05, 0.1) is 0 Å². The van der Waals surface area contributed by atoms with Crippen molar-refractivity contribution < 1.29 is 9.90 Å². The molecule has 0 saturated carbocycles. The first-order chi connectivity index (χ1) is 9.02. The molecule has 1 saturated heterocycles. The van der Waals surface area contributed by atoms with Crippen LogP contribution in [0.15, 0.2) is 0 Å².